The number of alkyl halides is 3. The molecular weight excluding hydrogens is 485 g/mol. The molecule has 3 aromatic carbocycles. The third kappa shape index (κ3) is 5.68. The monoisotopic (exact) mass is 506 g/mol. The zero-order valence-electron chi connectivity index (χ0n) is 18.2. The SMILES string of the molecule is O=C(CN(c1cccc(C(F)(F)F)c1)S(=O)(=O)c1ccccc1)NC[C@@H]1COc2ccccc2O1. The fourth-order valence-corrected chi connectivity index (χ4v) is 4.88. The van der Waals surface area contributed by atoms with Gasteiger partial charge in [-0.3, -0.25) is 9.10 Å². The number of sulfonamides is 1. The van der Waals surface area contributed by atoms with E-state index in [0.29, 0.717) is 21.9 Å². The van der Waals surface area contributed by atoms with E-state index in [2.05, 4.69) is 5.32 Å². The number of nitrogens with one attached hydrogen (secondary N) is 1. The normalized spacial score (nSPS) is 15.3. The lowest BCUT2D eigenvalue weighted by molar-refractivity contribution is -0.137. The maximum Gasteiger partial charge on any atom is 0.416 e. The molecule has 1 heterocycles. The molecule has 1 atom stereocenters. The van der Waals surface area contributed by atoms with Gasteiger partial charge in [-0.1, -0.05) is 36.4 Å². The van der Waals surface area contributed by atoms with Crippen molar-refractivity contribution in [2.45, 2.75) is 17.2 Å². The number of hydrogen-bond donors (Lipinski definition) is 1. The third-order valence-corrected chi connectivity index (χ3v) is 6.96. The van der Waals surface area contributed by atoms with Crippen LogP contribution in [-0.2, 0) is 21.0 Å². The van der Waals surface area contributed by atoms with Gasteiger partial charge in [0.1, 0.15) is 19.3 Å². The summed E-state index contributed by atoms with van der Waals surface area (Å²) in [5.74, 6) is 0.361. The molecule has 35 heavy (non-hydrogen) atoms. The van der Waals surface area contributed by atoms with Gasteiger partial charge in [0.25, 0.3) is 10.0 Å². The molecule has 0 aromatic heterocycles. The highest BCUT2D eigenvalue weighted by molar-refractivity contribution is 7.92. The van der Waals surface area contributed by atoms with E-state index in [1.165, 1.54) is 30.3 Å². The molecule has 0 bridgehead atoms. The predicted molar refractivity (Wildman–Crippen MR) is 122 cm³/mol. The third-order valence-electron chi connectivity index (χ3n) is 5.17. The summed E-state index contributed by atoms with van der Waals surface area (Å²) in [6.45, 7) is -0.561. The summed E-state index contributed by atoms with van der Waals surface area (Å²) in [6, 6.07) is 18.0. The quantitative estimate of drug-likeness (QED) is 0.526. The van der Waals surface area contributed by atoms with Crippen LogP contribution in [0.25, 0.3) is 0 Å². The Bertz CT molecular complexity index is 1300. The number of fused-ring (bicyclic) bond motifs is 1. The molecule has 1 N–H and O–H groups in total. The lowest BCUT2D eigenvalue weighted by Gasteiger charge is -2.27. The first-order valence-electron chi connectivity index (χ1n) is 10.5. The molecule has 0 saturated heterocycles. The van der Waals surface area contributed by atoms with Gasteiger partial charge in [-0.15, -0.1) is 0 Å². The van der Waals surface area contributed by atoms with Gasteiger partial charge in [-0.25, -0.2) is 8.42 Å². The van der Waals surface area contributed by atoms with Gasteiger partial charge in [-0.05, 0) is 42.5 Å². The first-order valence-corrected chi connectivity index (χ1v) is 12.0. The van der Waals surface area contributed by atoms with Crippen LogP contribution in [-0.4, -0.2) is 40.1 Å². The molecule has 0 radical (unpaired) electrons. The Morgan fingerprint density at radius 1 is 0.971 bits per heavy atom. The van der Waals surface area contributed by atoms with E-state index in [1.54, 1.807) is 30.3 Å². The summed E-state index contributed by atoms with van der Waals surface area (Å²) in [5.41, 5.74) is -1.32. The molecule has 0 saturated carbocycles. The average Bonchev–Trinajstić information content (AvgIpc) is 2.86. The van der Waals surface area contributed by atoms with Gasteiger partial charge in [0, 0.05) is 0 Å². The van der Waals surface area contributed by atoms with Gasteiger partial charge in [0.15, 0.2) is 11.5 Å². The van der Waals surface area contributed by atoms with Crippen molar-refractivity contribution in [1.82, 2.24) is 5.32 Å². The molecule has 1 amide bonds. The summed E-state index contributed by atoms with van der Waals surface area (Å²) < 4.78 is 78.4. The van der Waals surface area contributed by atoms with Gasteiger partial charge in [-0.2, -0.15) is 13.2 Å². The first-order chi connectivity index (χ1) is 16.6. The largest absolute Gasteiger partial charge is 0.486 e. The van der Waals surface area contributed by atoms with E-state index in [1.807, 2.05) is 0 Å². The fourth-order valence-electron chi connectivity index (χ4n) is 3.45. The highest BCUT2D eigenvalue weighted by Gasteiger charge is 2.33. The Hall–Kier alpha value is -3.73. The first kappa shape index (κ1) is 24.4. The minimum Gasteiger partial charge on any atom is -0.486 e. The number of halogens is 3. The maximum absolute atomic E-state index is 13.3. The van der Waals surface area contributed by atoms with Crippen molar-refractivity contribution in [2.24, 2.45) is 0 Å². The highest BCUT2D eigenvalue weighted by atomic mass is 32.2. The van der Waals surface area contributed by atoms with Crippen LogP contribution in [0.2, 0.25) is 0 Å². The number of amides is 1. The molecule has 0 aliphatic carbocycles. The van der Waals surface area contributed by atoms with E-state index in [9.17, 15) is 26.4 Å². The lowest BCUT2D eigenvalue weighted by atomic mass is 10.2. The molecule has 1 aliphatic heterocycles. The number of anilines is 1. The second-order valence-electron chi connectivity index (χ2n) is 7.67. The molecule has 0 unspecified atom stereocenters. The summed E-state index contributed by atoms with van der Waals surface area (Å²) >= 11 is 0. The molecule has 1 aliphatic rings. The van der Waals surface area contributed by atoms with Crippen molar-refractivity contribution >= 4 is 21.6 Å². The minimum absolute atomic E-state index is 0.00891. The van der Waals surface area contributed by atoms with Crippen molar-refractivity contribution in [3.05, 3.63) is 84.4 Å². The van der Waals surface area contributed by atoms with Gasteiger partial charge < -0.3 is 14.8 Å². The van der Waals surface area contributed by atoms with Crippen molar-refractivity contribution in [2.75, 3.05) is 24.0 Å². The zero-order chi connectivity index (χ0) is 25.1. The molecule has 0 fully saturated rings. The Balaban J connectivity index is 1.54. The van der Waals surface area contributed by atoms with Crippen LogP contribution < -0.4 is 19.1 Å². The number of ether oxygens (including phenoxy) is 2. The smallest absolute Gasteiger partial charge is 0.416 e. The van der Waals surface area contributed by atoms with E-state index in [4.69, 9.17) is 9.47 Å². The number of carbonyl (C=O) groups excluding carboxylic acids is 1. The van der Waals surface area contributed by atoms with Crippen LogP contribution in [0.1, 0.15) is 5.56 Å². The summed E-state index contributed by atoms with van der Waals surface area (Å²) in [4.78, 5) is 12.6. The van der Waals surface area contributed by atoms with Crippen molar-refractivity contribution in [3.63, 3.8) is 0 Å². The highest BCUT2D eigenvalue weighted by Crippen LogP contribution is 2.33. The molecule has 0 spiro atoms. The van der Waals surface area contributed by atoms with E-state index in [-0.39, 0.29) is 23.7 Å². The summed E-state index contributed by atoms with van der Waals surface area (Å²) in [6.07, 6.45) is -5.21. The van der Waals surface area contributed by atoms with Crippen molar-refractivity contribution < 1.29 is 35.9 Å². The van der Waals surface area contributed by atoms with Crippen LogP contribution in [0.5, 0.6) is 11.5 Å². The molecule has 184 valence electrons. The number of rotatable bonds is 7. The fraction of sp³-hybridized carbons (Fsp3) is 0.208. The predicted octanol–water partition coefficient (Wildman–Crippen LogP) is 3.86. The standard InChI is InChI=1S/C24H21F3N2O5S/c25-24(26,27)17-7-6-8-18(13-17)29(35(31,32)20-9-2-1-3-10-20)15-23(30)28-14-19-16-33-21-11-4-5-12-22(21)34-19/h1-13,19H,14-16H2,(H,28,30)/t19-/m1/s1. The summed E-state index contributed by atoms with van der Waals surface area (Å²) in [5, 5.41) is 2.58. The molecule has 4 rings (SSSR count). The second-order valence-corrected chi connectivity index (χ2v) is 9.54. The Morgan fingerprint density at radius 3 is 2.37 bits per heavy atom. The van der Waals surface area contributed by atoms with E-state index >= 15 is 0 Å². The number of para-hydroxylation sites is 2. The minimum atomic E-state index is -4.69. The van der Waals surface area contributed by atoms with Crippen LogP contribution >= 0.6 is 0 Å². The molecule has 3 aromatic rings. The molecule has 11 heteroatoms. The topological polar surface area (TPSA) is 84.9 Å². The number of benzene rings is 3. The van der Waals surface area contributed by atoms with Crippen LogP contribution in [0.3, 0.4) is 0 Å². The van der Waals surface area contributed by atoms with Gasteiger partial charge in [0.2, 0.25) is 5.91 Å². The van der Waals surface area contributed by atoms with E-state index in [0.717, 1.165) is 12.1 Å². The Morgan fingerprint density at radius 2 is 1.66 bits per heavy atom. The molecule has 7 nitrogen and oxygen atoms in total. The van der Waals surface area contributed by atoms with Gasteiger partial charge in [0.05, 0.1) is 22.7 Å². The van der Waals surface area contributed by atoms with Crippen LogP contribution in [0.4, 0.5) is 18.9 Å². The van der Waals surface area contributed by atoms with Crippen molar-refractivity contribution in [1.29, 1.82) is 0 Å². The average molecular weight is 507 g/mol. The van der Waals surface area contributed by atoms with Crippen LogP contribution in [0.15, 0.2) is 83.8 Å². The molecular formula is C24H21F3N2O5S. The van der Waals surface area contributed by atoms with Crippen molar-refractivity contribution in [3.8, 4) is 11.5 Å². The van der Waals surface area contributed by atoms with E-state index < -0.39 is 40.3 Å². The summed E-state index contributed by atoms with van der Waals surface area (Å²) in [7, 11) is -4.35. The zero-order valence-corrected chi connectivity index (χ0v) is 19.1. The maximum atomic E-state index is 13.3. The number of carbonyl (C=O) groups is 1. The Labute approximate surface area is 200 Å². The number of nitrogens with zero attached hydrogens (tertiary/aromatic N) is 1. The van der Waals surface area contributed by atoms with Crippen LogP contribution in [0, 0.1) is 0 Å². The second kappa shape index (κ2) is 9.87. The number of hydrogen-bond acceptors (Lipinski definition) is 5. The Kier molecular flexibility index (Phi) is 6.88. The van der Waals surface area contributed by atoms with Gasteiger partial charge >= 0.3 is 6.18 Å². The lowest BCUT2D eigenvalue weighted by Crippen LogP contribution is -2.45.